The zero-order valence-corrected chi connectivity index (χ0v) is 16.5. The highest BCUT2D eigenvalue weighted by atomic mass is 127. The molecule has 0 aliphatic rings. The first kappa shape index (κ1) is 23.0. The molecule has 0 aliphatic carbocycles. The lowest BCUT2D eigenvalue weighted by atomic mass is 10.0. The van der Waals surface area contributed by atoms with Crippen molar-refractivity contribution >= 4 is 34.4 Å². The first-order chi connectivity index (χ1) is 13.3. The lowest BCUT2D eigenvalue weighted by molar-refractivity contribution is -0.143. The Morgan fingerprint density at radius 2 is 1.52 bits per heavy atom. The van der Waals surface area contributed by atoms with Gasteiger partial charge in [0.05, 0.1) is 11.1 Å². The van der Waals surface area contributed by atoms with Gasteiger partial charge >= 0.3 is 12.4 Å². The molecule has 2 amide bonds. The predicted octanol–water partition coefficient (Wildman–Crippen LogP) is 4.16. The second-order valence-electron chi connectivity index (χ2n) is 6.06. The van der Waals surface area contributed by atoms with Crippen LogP contribution in [0.2, 0.25) is 0 Å². The van der Waals surface area contributed by atoms with E-state index in [4.69, 9.17) is 5.73 Å². The maximum Gasteiger partial charge on any atom is 0.416 e. The molecule has 2 rings (SSSR count). The van der Waals surface area contributed by atoms with Crippen LogP contribution in [0.1, 0.15) is 27.0 Å². The highest BCUT2D eigenvalue weighted by Gasteiger charge is 2.37. The van der Waals surface area contributed by atoms with E-state index in [0.29, 0.717) is 5.56 Å². The maximum absolute atomic E-state index is 12.9. The Labute approximate surface area is 174 Å². The van der Waals surface area contributed by atoms with Crippen molar-refractivity contribution < 1.29 is 35.9 Å². The summed E-state index contributed by atoms with van der Waals surface area (Å²) in [6.45, 7) is 0. The van der Waals surface area contributed by atoms with Gasteiger partial charge in [0.1, 0.15) is 6.04 Å². The number of alkyl halides is 6. The van der Waals surface area contributed by atoms with Gasteiger partial charge < -0.3 is 11.1 Å². The molecule has 0 aliphatic heterocycles. The molecule has 29 heavy (non-hydrogen) atoms. The summed E-state index contributed by atoms with van der Waals surface area (Å²) in [6.07, 6.45) is -10.3. The minimum absolute atomic E-state index is 0.0804. The molecule has 0 saturated heterocycles. The van der Waals surface area contributed by atoms with Gasteiger partial charge in [0.25, 0.3) is 5.91 Å². The van der Waals surface area contributed by atoms with Crippen LogP contribution >= 0.6 is 22.6 Å². The van der Waals surface area contributed by atoms with E-state index in [9.17, 15) is 35.9 Å². The maximum atomic E-state index is 12.9. The number of nitrogens with two attached hydrogens (primary N) is 1. The van der Waals surface area contributed by atoms with E-state index >= 15 is 0 Å². The minimum atomic E-state index is -5.10. The summed E-state index contributed by atoms with van der Waals surface area (Å²) in [5.74, 6) is -2.27. The second-order valence-corrected chi connectivity index (χ2v) is 7.30. The molecule has 1 atom stereocenters. The average molecular weight is 530 g/mol. The summed E-state index contributed by atoms with van der Waals surface area (Å²) in [5.41, 5.74) is 1.67. The van der Waals surface area contributed by atoms with Crippen LogP contribution in [-0.2, 0) is 23.6 Å². The van der Waals surface area contributed by atoms with Gasteiger partial charge in [-0.15, -0.1) is 0 Å². The van der Waals surface area contributed by atoms with Gasteiger partial charge in [-0.25, -0.2) is 0 Å². The van der Waals surface area contributed by atoms with Crippen molar-refractivity contribution in [2.75, 3.05) is 0 Å². The minimum Gasteiger partial charge on any atom is -0.368 e. The number of halogens is 7. The van der Waals surface area contributed by atoms with Crippen LogP contribution in [0.5, 0.6) is 0 Å². The summed E-state index contributed by atoms with van der Waals surface area (Å²) < 4.78 is 78.5. The van der Waals surface area contributed by atoms with E-state index in [-0.39, 0.29) is 24.6 Å². The van der Waals surface area contributed by atoms with Crippen molar-refractivity contribution in [3.8, 4) is 0 Å². The van der Waals surface area contributed by atoms with Crippen molar-refractivity contribution in [2.24, 2.45) is 5.73 Å². The molecule has 3 N–H and O–H groups in total. The molecule has 11 heteroatoms. The normalized spacial score (nSPS) is 13.1. The van der Waals surface area contributed by atoms with Gasteiger partial charge in [-0.2, -0.15) is 26.3 Å². The molecule has 0 spiro atoms. The molecular formula is C18H13F6IN2O2. The van der Waals surface area contributed by atoms with Gasteiger partial charge in [-0.05, 0) is 58.5 Å². The summed E-state index contributed by atoms with van der Waals surface area (Å²) >= 11 is 2.01. The third kappa shape index (κ3) is 6.34. The Hall–Kier alpha value is -2.31. The molecule has 0 unspecified atom stereocenters. The number of primary amides is 1. The van der Waals surface area contributed by atoms with E-state index in [1.165, 1.54) is 0 Å². The van der Waals surface area contributed by atoms with E-state index < -0.39 is 46.9 Å². The van der Waals surface area contributed by atoms with E-state index in [0.717, 1.165) is 3.57 Å². The third-order valence-electron chi connectivity index (χ3n) is 3.83. The summed E-state index contributed by atoms with van der Waals surface area (Å²) in [4.78, 5) is 24.0. The fourth-order valence-corrected chi connectivity index (χ4v) is 3.06. The number of carbonyl (C=O) groups excluding carboxylic acids is 2. The Kier molecular flexibility index (Phi) is 6.81. The zero-order chi connectivity index (χ0) is 22.0. The fraction of sp³-hybridized carbons (Fsp3) is 0.222. The average Bonchev–Trinajstić information content (AvgIpc) is 2.59. The summed E-state index contributed by atoms with van der Waals surface area (Å²) in [5, 5.41) is 2.11. The van der Waals surface area contributed by atoms with Gasteiger partial charge in [0, 0.05) is 15.6 Å². The molecular weight excluding hydrogens is 517 g/mol. The van der Waals surface area contributed by atoms with E-state index in [2.05, 4.69) is 5.32 Å². The molecule has 2 aromatic rings. The van der Waals surface area contributed by atoms with E-state index in [1.54, 1.807) is 24.3 Å². The quantitative estimate of drug-likeness (QED) is 0.451. The molecule has 0 radical (unpaired) electrons. The van der Waals surface area contributed by atoms with Crippen molar-refractivity contribution in [3.05, 3.63) is 68.3 Å². The largest absolute Gasteiger partial charge is 0.416 e. The number of hydrogen-bond acceptors (Lipinski definition) is 2. The van der Waals surface area contributed by atoms with E-state index in [1.807, 2.05) is 22.6 Å². The third-order valence-corrected chi connectivity index (χ3v) is 4.50. The number of amides is 2. The Morgan fingerprint density at radius 3 is 1.97 bits per heavy atom. The molecule has 0 bridgehead atoms. The number of benzene rings is 2. The van der Waals surface area contributed by atoms with Gasteiger partial charge in [-0.1, -0.05) is 12.1 Å². The lowest BCUT2D eigenvalue weighted by Gasteiger charge is -2.18. The smallest absolute Gasteiger partial charge is 0.368 e. The topological polar surface area (TPSA) is 72.2 Å². The molecule has 0 saturated carbocycles. The van der Waals surface area contributed by atoms with Crippen LogP contribution in [0.3, 0.4) is 0 Å². The van der Waals surface area contributed by atoms with Crippen LogP contribution in [0.4, 0.5) is 26.3 Å². The van der Waals surface area contributed by atoms with Crippen molar-refractivity contribution in [3.63, 3.8) is 0 Å². The molecule has 4 nitrogen and oxygen atoms in total. The molecule has 2 aromatic carbocycles. The molecule has 156 valence electrons. The highest BCUT2D eigenvalue weighted by molar-refractivity contribution is 14.1. The Balaban J connectivity index is 2.35. The zero-order valence-electron chi connectivity index (χ0n) is 14.4. The van der Waals surface area contributed by atoms with Crippen molar-refractivity contribution in [1.82, 2.24) is 5.32 Å². The van der Waals surface area contributed by atoms with Gasteiger partial charge in [-0.3, -0.25) is 9.59 Å². The predicted molar refractivity (Wildman–Crippen MR) is 99.8 cm³/mol. The van der Waals surface area contributed by atoms with Crippen LogP contribution in [-0.4, -0.2) is 17.9 Å². The monoisotopic (exact) mass is 530 g/mol. The van der Waals surface area contributed by atoms with Crippen LogP contribution < -0.4 is 11.1 Å². The molecule has 0 heterocycles. The Morgan fingerprint density at radius 1 is 0.966 bits per heavy atom. The van der Waals surface area contributed by atoms with Gasteiger partial charge in [0.15, 0.2) is 0 Å². The summed E-state index contributed by atoms with van der Waals surface area (Å²) in [6, 6.07) is 5.92. The van der Waals surface area contributed by atoms with Gasteiger partial charge in [0.2, 0.25) is 5.91 Å². The number of rotatable bonds is 5. The summed E-state index contributed by atoms with van der Waals surface area (Å²) in [7, 11) is 0. The molecule has 0 fully saturated rings. The fourth-order valence-electron chi connectivity index (χ4n) is 2.45. The number of hydrogen-bond donors (Lipinski definition) is 2. The lowest BCUT2D eigenvalue weighted by Crippen LogP contribution is -2.46. The van der Waals surface area contributed by atoms with Crippen LogP contribution in [0, 0.1) is 3.57 Å². The number of carbonyl (C=O) groups is 2. The first-order valence-electron chi connectivity index (χ1n) is 7.91. The number of nitrogens with one attached hydrogen (secondary N) is 1. The van der Waals surface area contributed by atoms with Crippen LogP contribution in [0.25, 0.3) is 0 Å². The SMILES string of the molecule is NC(=O)[C@@H](Cc1cccc(I)c1)NC(=O)c1cc(C(F)(F)F)cc(C(F)(F)F)c1. The first-order valence-corrected chi connectivity index (χ1v) is 8.99. The van der Waals surface area contributed by atoms with Crippen molar-refractivity contribution in [2.45, 2.75) is 24.8 Å². The highest BCUT2D eigenvalue weighted by Crippen LogP contribution is 2.36. The standard InChI is InChI=1S/C18H13F6IN2O2/c19-17(20,21)11-6-10(7-12(8-11)18(22,23)24)16(29)27-14(15(26)28)5-9-2-1-3-13(25)4-9/h1-4,6-8,14H,5H2,(H2,26,28)(H,27,29)/t14-/m1/s1. The van der Waals surface area contributed by atoms with Crippen molar-refractivity contribution in [1.29, 1.82) is 0 Å². The Bertz CT molecular complexity index is 895. The molecule has 0 aromatic heterocycles. The second kappa shape index (κ2) is 8.59. The van der Waals surface area contributed by atoms with Crippen LogP contribution in [0.15, 0.2) is 42.5 Å².